The molecule has 0 spiro atoms. The lowest BCUT2D eigenvalue weighted by Gasteiger charge is -2.10. The first kappa shape index (κ1) is 8.16. The zero-order valence-electron chi connectivity index (χ0n) is 5.27. The maximum atomic E-state index is 9.59. The van der Waals surface area contributed by atoms with Crippen molar-refractivity contribution in [3.8, 4) is 0 Å². The van der Waals surface area contributed by atoms with Crippen molar-refractivity contribution < 1.29 is 15.0 Å². The normalized spacial score (nSPS) is 16.3. The van der Waals surface area contributed by atoms with E-state index in [0.29, 0.717) is 0 Å². The fourth-order valence-electron chi connectivity index (χ4n) is 0.224. The summed E-state index contributed by atoms with van der Waals surface area (Å²) < 4.78 is 0. The molecule has 0 saturated heterocycles. The summed E-state index contributed by atoms with van der Waals surface area (Å²) in [5.74, 6) is 0. The number of hydrogen-bond donors (Lipinski definition) is 1. The highest BCUT2D eigenvalue weighted by Crippen LogP contribution is 1.96. The Hall–Kier alpha value is -0.840. The van der Waals surface area contributed by atoms with Gasteiger partial charge in [0.05, 0.1) is 6.10 Å². The average Bonchev–Trinajstić information content (AvgIpc) is 1.63. The number of aliphatic hydroxyl groups excluding tert-OH is 1. The maximum absolute atomic E-state index is 9.59. The molecule has 0 aliphatic carbocycles. The molecule has 0 aromatic carbocycles. The Morgan fingerprint density at radius 1 is 1.67 bits per heavy atom. The van der Waals surface area contributed by atoms with Gasteiger partial charge in [0, 0.05) is 0 Å². The van der Waals surface area contributed by atoms with Gasteiger partial charge in [-0.3, -0.25) is 0 Å². The quantitative estimate of drug-likeness (QED) is 0.435. The van der Waals surface area contributed by atoms with Gasteiger partial charge in [0.25, 0.3) is 5.09 Å². The molecule has 0 radical (unpaired) electrons. The van der Waals surface area contributed by atoms with Crippen molar-refractivity contribution in [2.24, 2.45) is 0 Å². The Morgan fingerprint density at radius 2 is 2.11 bits per heavy atom. The van der Waals surface area contributed by atoms with Crippen LogP contribution in [0.25, 0.3) is 0 Å². The lowest BCUT2D eigenvalue weighted by Crippen LogP contribution is -2.25. The van der Waals surface area contributed by atoms with Crippen molar-refractivity contribution in [1.82, 2.24) is 0 Å². The van der Waals surface area contributed by atoms with Gasteiger partial charge < -0.3 is 9.94 Å². The van der Waals surface area contributed by atoms with E-state index in [1.165, 1.54) is 13.8 Å². The molecule has 5 nitrogen and oxygen atoms in total. The number of rotatable bonds is 3. The smallest absolute Gasteiger partial charge is 0.294 e. The van der Waals surface area contributed by atoms with E-state index in [1.54, 1.807) is 0 Å². The lowest BCUT2D eigenvalue weighted by atomic mass is 10.3. The van der Waals surface area contributed by atoms with E-state index >= 15 is 0 Å². The van der Waals surface area contributed by atoms with Crippen LogP contribution in [-0.2, 0) is 4.84 Å². The van der Waals surface area contributed by atoms with Gasteiger partial charge in [0.15, 0.2) is 0 Å². The summed E-state index contributed by atoms with van der Waals surface area (Å²) in [7, 11) is 0. The molecular weight excluding hydrogens is 126 g/mol. The van der Waals surface area contributed by atoms with E-state index in [4.69, 9.17) is 5.11 Å². The van der Waals surface area contributed by atoms with Crippen LogP contribution in [0.5, 0.6) is 0 Å². The van der Waals surface area contributed by atoms with Gasteiger partial charge in [-0.05, 0) is 13.8 Å². The molecule has 54 valence electrons. The van der Waals surface area contributed by atoms with E-state index in [0.717, 1.165) is 0 Å². The van der Waals surface area contributed by atoms with Crippen LogP contribution >= 0.6 is 0 Å². The monoisotopic (exact) mass is 135 g/mol. The summed E-state index contributed by atoms with van der Waals surface area (Å²) in [5, 5.41) is 17.3. The van der Waals surface area contributed by atoms with E-state index in [9.17, 15) is 10.1 Å². The van der Waals surface area contributed by atoms with E-state index in [-0.39, 0.29) is 0 Å². The molecule has 0 rings (SSSR count). The number of aliphatic hydroxyl groups is 1. The molecule has 0 bridgehead atoms. The second-order valence-electron chi connectivity index (χ2n) is 1.77. The zero-order chi connectivity index (χ0) is 7.44. The highest BCUT2D eigenvalue weighted by atomic mass is 17.0. The first-order valence-electron chi connectivity index (χ1n) is 2.53. The zero-order valence-corrected chi connectivity index (χ0v) is 5.27. The third-order valence-electron chi connectivity index (χ3n) is 0.932. The second-order valence-corrected chi connectivity index (χ2v) is 1.77. The topological polar surface area (TPSA) is 72.6 Å². The van der Waals surface area contributed by atoms with Crippen molar-refractivity contribution in [3.63, 3.8) is 0 Å². The van der Waals surface area contributed by atoms with Crippen molar-refractivity contribution in [3.05, 3.63) is 10.1 Å². The predicted molar refractivity (Wildman–Crippen MR) is 29.2 cm³/mol. The summed E-state index contributed by atoms with van der Waals surface area (Å²) in [6.07, 6.45) is -1.56. The molecule has 0 aromatic rings. The van der Waals surface area contributed by atoms with Gasteiger partial charge in [-0.2, -0.15) is 0 Å². The Balaban J connectivity index is 3.50. The molecular formula is C4H9NO4. The summed E-state index contributed by atoms with van der Waals surface area (Å²) >= 11 is 0. The van der Waals surface area contributed by atoms with E-state index in [2.05, 4.69) is 4.84 Å². The summed E-state index contributed by atoms with van der Waals surface area (Å²) in [6.45, 7) is 2.85. The van der Waals surface area contributed by atoms with E-state index in [1.807, 2.05) is 0 Å². The van der Waals surface area contributed by atoms with Crippen LogP contribution in [0.15, 0.2) is 0 Å². The van der Waals surface area contributed by atoms with E-state index < -0.39 is 17.3 Å². The molecule has 0 aliphatic heterocycles. The Morgan fingerprint density at radius 3 is 2.22 bits per heavy atom. The van der Waals surface area contributed by atoms with Crippen LogP contribution in [0, 0.1) is 10.1 Å². The van der Waals surface area contributed by atoms with Crippen LogP contribution in [0.1, 0.15) is 13.8 Å². The first-order valence-corrected chi connectivity index (χ1v) is 2.53. The van der Waals surface area contributed by atoms with Gasteiger partial charge in [-0.1, -0.05) is 0 Å². The van der Waals surface area contributed by atoms with Crippen LogP contribution in [-0.4, -0.2) is 22.4 Å². The number of hydrogen-bond acceptors (Lipinski definition) is 4. The summed E-state index contributed by atoms with van der Waals surface area (Å²) in [4.78, 5) is 13.6. The molecule has 0 amide bonds. The molecule has 2 atom stereocenters. The lowest BCUT2D eigenvalue weighted by molar-refractivity contribution is -0.769. The second kappa shape index (κ2) is 3.24. The largest absolute Gasteiger partial charge is 0.391 e. The maximum Gasteiger partial charge on any atom is 0.294 e. The average molecular weight is 135 g/mol. The van der Waals surface area contributed by atoms with Gasteiger partial charge >= 0.3 is 0 Å². The molecule has 0 aromatic heterocycles. The van der Waals surface area contributed by atoms with Crippen molar-refractivity contribution in [2.45, 2.75) is 26.1 Å². The van der Waals surface area contributed by atoms with Gasteiger partial charge in [-0.15, -0.1) is 10.1 Å². The van der Waals surface area contributed by atoms with Crippen LogP contribution in [0.4, 0.5) is 0 Å². The minimum Gasteiger partial charge on any atom is -0.391 e. The third-order valence-corrected chi connectivity index (χ3v) is 0.932. The summed E-state index contributed by atoms with van der Waals surface area (Å²) in [5.41, 5.74) is 0. The van der Waals surface area contributed by atoms with Crippen LogP contribution < -0.4 is 0 Å². The van der Waals surface area contributed by atoms with Crippen molar-refractivity contribution >= 4 is 0 Å². The Bertz CT molecular complexity index is 103. The van der Waals surface area contributed by atoms with Crippen LogP contribution in [0.2, 0.25) is 0 Å². The fourth-order valence-corrected chi connectivity index (χ4v) is 0.224. The molecule has 9 heavy (non-hydrogen) atoms. The Kier molecular flexibility index (Phi) is 2.94. The fraction of sp³-hybridized carbons (Fsp3) is 1.00. The molecule has 5 heteroatoms. The number of nitrogens with zero attached hydrogens (tertiary/aromatic N) is 1. The van der Waals surface area contributed by atoms with Crippen molar-refractivity contribution in [1.29, 1.82) is 0 Å². The van der Waals surface area contributed by atoms with Gasteiger partial charge in [-0.25, -0.2) is 0 Å². The third kappa shape index (κ3) is 3.72. The molecule has 1 N–H and O–H groups in total. The van der Waals surface area contributed by atoms with Gasteiger partial charge in [0.1, 0.15) is 6.10 Å². The molecule has 0 saturated carbocycles. The highest BCUT2D eigenvalue weighted by molar-refractivity contribution is 4.53. The van der Waals surface area contributed by atoms with Gasteiger partial charge in [0.2, 0.25) is 0 Å². The van der Waals surface area contributed by atoms with Crippen molar-refractivity contribution in [2.75, 3.05) is 0 Å². The first-order chi connectivity index (χ1) is 4.04. The molecule has 0 unspecified atom stereocenters. The molecule has 0 aliphatic rings. The summed E-state index contributed by atoms with van der Waals surface area (Å²) in [6, 6.07) is 0. The minimum atomic E-state index is -0.919. The Labute approximate surface area is 52.3 Å². The standard InChI is InChI=1S/C4H9NO4/c1-3(6)4(2)9-5(7)8/h3-4,6H,1-2H3/t3-,4-/m1/s1. The van der Waals surface area contributed by atoms with Crippen LogP contribution in [0.3, 0.4) is 0 Å². The predicted octanol–water partition coefficient (Wildman–Crippen LogP) is -0.0360. The molecule has 0 heterocycles. The highest BCUT2D eigenvalue weighted by Gasteiger charge is 2.11. The molecule has 0 fully saturated rings. The minimum absolute atomic E-state index is 0.750. The SMILES string of the molecule is C[C@@H](O)[C@@H](C)O[N+](=O)[O-].